The first kappa shape index (κ1) is 13.7. The molecule has 0 spiro atoms. The monoisotopic (exact) mass is 259 g/mol. The number of nitrogens with one attached hydrogen (secondary N) is 1. The van der Waals surface area contributed by atoms with Crippen LogP contribution >= 0.6 is 24.2 Å². The molecule has 0 saturated carbocycles. The molecule has 1 aromatic heterocycles. The third-order valence-corrected chi connectivity index (χ3v) is 3.62. The van der Waals surface area contributed by atoms with Gasteiger partial charge in [0.2, 0.25) is 0 Å². The molecule has 0 radical (unpaired) electrons. The molecule has 90 valence electrons. The molecule has 3 nitrogen and oxygen atoms in total. The van der Waals surface area contributed by atoms with E-state index < -0.39 is 0 Å². The molecule has 1 aliphatic heterocycles. The van der Waals surface area contributed by atoms with Crippen molar-refractivity contribution >= 4 is 24.2 Å². The quantitative estimate of drug-likeness (QED) is 0.668. The van der Waals surface area contributed by atoms with Gasteiger partial charge in [-0.05, 0) is 32.4 Å². The molecule has 2 rings (SSSR count). The van der Waals surface area contributed by atoms with Gasteiger partial charge < -0.3 is 5.32 Å². The number of thioether (sulfide) groups is 1. The summed E-state index contributed by atoms with van der Waals surface area (Å²) in [6.45, 7) is 3.17. The lowest BCUT2D eigenvalue weighted by molar-refractivity contribution is 0.429. The van der Waals surface area contributed by atoms with Crippen LogP contribution in [0.3, 0.4) is 0 Å². The lowest BCUT2D eigenvalue weighted by Gasteiger charge is -2.22. The Bertz CT molecular complexity index is 316. The molecule has 1 saturated heterocycles. The fourth-order valence-electron chi connectivity index (χ4n) is 1.74. The minimum atomic E-state index is 0. The van der Waals surface area contributed by atoms with Gasteiger partial charge in [-0.2, -0.15) is 0 Å². The van der Waals surface area contributed by atoms with Gasteiger partial charge in [0, 0.05) is 23.7 Å². The van der Waals surface area contributed by atoms with E-state index in [-0.39, 0.29) is 12.4 Å². The zero-order valence-electron chi connectivity index (χ0n) is 9.48. The minimum absolute atomic E-state index is 0. The molecule has 1 atom stereocenters. The predicted octanol–water partition coefficient (Wildman–Crippen LogP) is 2.44. The minimum Gasteiger partial charge on any atom is -0.313 e. The Labute approximate surface area is 107 Å². The van der Waals surface area contributed by atoms with Crippen molar-refractivity contribution in [2.75, 3.05) is 12.3 Å². The standard InChI is InChI=1S/C11H17N3S.ClH/c1-9-5-7-13-11(14-9)15-8-10-4-2-3-6-12-10;/h5,7,10,12H,2-4,6,8H2,1H3;1H. The largest absolute Gasteiger partial charge is 0.313 e. The van der Waals surface area contributed by atoms with Crippen molar-refractivity contribution in [3.05, 3.63) is 18.0 Å². The molecule has 1 N–H and O–H groups in total. The maximum Gasteiger partial charge on any atom is 0.187 e. The van der Waals surface area contributed by atoms with Crippen LogP contribution in [0.4, 0.5) is 0 Å². The number of aryl methyl sites for hydroxylation is 1. The Morgan fingerprint density at radius 1 is 1.50 bits per heavy atom. The van der Waals surface area contributed by atoms with Crippen LogP contribution in [0.25, 0.3) is 0 Å². The first-order valence-electron chi connectivity index (χ1n) is 5.50. The van der Waals surface area contributed by atoms with E-state index in [0.717, 1.165) is 16.6 Å². The molecule has 16 heavy (non-hydrogen) atoms. The summed E-state index contributed by atoms with van der Waals surface area (Å²) in [4.78, 5) is 8.63. The first-order valence-corrected chi connectivity index (χ1v) is 6.49. The third kappa shape index (κ3) is 4.28. The van der Waals surface area contributed by atoms with Gasteiger partial charge in [0.05, 0.1) is 0 Å². The van der Waals surface area contributed by atoms with E-state index in [2.05, 4.69) is 15.3 Å². The normalized spacial score (nSPS) is 20.2. The van der Waals surface area contributed by atoms with E-state index in [1.165, 1.54) is 25.8 Å². The fraction of sp³-hybridized carbons (Fsp3) is 0.636. The van der Waals surface area contributed by atoms with Crippen LogP contribution in [-0.2, 0) is 0 Å². The summed E-state index contributed by atoms with van der Waals surface area (Å²) in [6, 6.07) is 2.58. The van der Waals surface area contributed by atoms with Gasteiger partial charge >= 0.3 is 0 Å². The van der Waals surface area contributed by atoms with E-state index in [9.17, 15) is 0 Å². The van der Waals surface area contributed by atoms with E-state index in [4.69, 9.17) is 0 Å². The predicted molar refractivity (Wildman–Crippen MR) is 70.4 cm³/mol. The Morgan fingerprint density at radius 3 is 3.06 bits per heavy atom. The number of halogens is 1. The lowest BCUT2D eigenvalue weighted by atomic mass is 10.1. The number of hydrogen-bond donors (Lipinski definition) is 1. The molecule has 0 aromatic carbocycles. The van der Waals surface area contributed by atoms with Crippen molar-refractivity contribution in [2.45, 2.75) is 37.4 Å². The Morgan fingerprint density at radius 2 is 2.38 bits per heavy atom. The zero-order chi connectivity index (χ0) is 10.5. The van der Waals surface area contributed by atoms with Crippen molar-refractivity contribution in [3.8, 4) is 0 Å². The van der Waals surface area contributed by atoms with Gasteiger partial charge in [-0.25, -0.2) is 9.97 Å². The number of nitrogens with zero attached hydrogens (tertiary/aromatic N) is 2. The fourth-order valence-corrected chi connectivity index (χ4v) is 2.72. The number of hydrogen-bond acceptors (Lipinski definition) is 4. The lowest BCUT2D eigenvalue weighted by Crippen LogP contribution is -2.35. The summed E-state index contributed by atoms with van der Waals surface area (Å²) in [5, 5.41) is 4.43. The van der Waals surface area contributed by atoms with Gasteiger partial charge in [0.25, 0.3) is 0 Å². The highest BCUT2D eigenvalue weighted by atomic mass is 35.5. The molecule has 1 fully saturated rings. The third-order valence-electron chi connectivity index (χ3n) is 2.60. The van der Waals surface area contributed by atoms with E-state index >= 15 is 0 Å². The molecule has 1 aliphatic rings. The molecule has 0 amide bonds. The number of piperidine rings is 1. The second kappa shape index (κ2) is 7.09. The molecule has 5 heteroatoms. The maximum absolute atomic E-state index is 4.38. The highest BCUT2D eigenvalue weighted by molar-refractivity contribution is 7.99. The van der Waals surface area contributed by atoms with Crippen molar-refractivity contribution in [1.29, 1.82) is 0 Å². The molecule has 0 aliphatic carbocycles. The van der Waals surface area contributed by atoms with Crippen molar-refractivity contribution < 1.29 is 0 Å². The zero-order valence-corrected chi connectivity index (χ0v) is 11.1. The summed E-state index contributed by atoms with van der Waals surface area (Å²) < 4.78 is 0. The van der Waals surface area contributed by atoms with E-state index in [0.29, 0.717) is 6.04 Å². The Balaban J connectivity index is 0.00000128. The van der Waals surface area contributed by atoms with E-state index in [1.807, 2.05) is 19.2 Å². The second-order valence-electron chi connectivity index (χ2n) is 3.94. The summed E-state index contributed by atoms with van der Waals surface area (Å²) >= 11 is 1.76. The van der Waals surface area contributed by atoms with E-state index in [1.54, 1.807) is 11.8 Å². The smallest absolute Gasteiger partial charge is 0.187 e. The van der Waals surface area contributed by atoms with Gasteiger partial charge in [-0.3, -0.25) is 0 Å². The van der Waals surface area contributed by atoms with Gasteiger partial charge in [0.1, 0.15) is 0 Å². The highest BCUT2D eigenvalue weighted by Gasteiger charge is 2.13. The number of aromatic nitrogens is 2. The second-order valence-corrected chi connectivity index (χ2v) is 4.93. The molecule has 2 heterocycles. The van der Waals surface area contributed by atoms with Crippen LogP contribution < -0.4 is 5.32 Å². The van der Waals surface area contributed by atoms with Gasteiger partial charge in [-0.15, -0.1) is 12.4 Å². The Hall–Kier alpha value is -0.320. The number of rotatable bonds is 3. The SMILES string of the molecule is Cc1ccnc(SCC2CCCCN2)n1.Cl. The van der Waals surface area contributed by atoms with Crippen LogP contribution in [-0.4, -0.2) is 28.3 Å². The van der Waals surface area contributed by atoms with Crippen LogP contribution in [0.1, 0.15) is 25.0 Å². The highest BCUT2D eigenvalue weighted by Crippen LogP contribution is 2.17. The van der Waals surface area contributed by atoms with Crippen LogP contribution in [0.15, 0.2) is 17.4 Å². The summed E-state index contributed by atoms with van der Waals surface area (Å²) in [5.41, 5.74) is 1.05. The molecule has 1 unspecified atom stereocenters. The summed E-state index contributed by atoms with van der Waals surface area (Å²) in [6.07, 6.45) is 5.80. The van der Waals surface area contributed by atoms with Gasteiger partial charge in [-0.1, -0.05) is 18.2 Å². The van der Waals surface area contributed by atoms with Crippen LogP contribution in [0, 0.1) is 6.92 Å². The maximum atomic E-state index is 4.38. The average molecular weight is 260 g/mol. The molecule has 0 bridgehead atoms. The molecule has 1 aromatic rings. The Kier molecular flexibility index (Phi) is 6.09. The molecular formula is C11H18ClN3S. The topological polar surface area (TPSA) is 37.8 Å². The summed E-state index contributed by atoms with van der Waals surface area (Å²) in [7, 11) is 0. The van der Waals surface area contributed by atoms with Crippen molar-refractivity contribution in [2.24, 2.45) is 0 Å². The first-order chi connectivity index (χ1) is 7.34. The summed E-state index contributed by atoms with van der Waals surface area (Å²) in [5.74, 6) is 1.09. The average Bonchev–Trinajstić information content (AvgIpc) is 2.28. The van der Waals surface area contributed by atoms with Gasteiger partial charge in [0.15, 0.2) is 5.16 Å². The van der Waals surface area contributed by atoms with Crippen LogP contribution in [0.5, 0.6) is 0 Å². The van der Waals surface area contributed by atoms with Crippen LogP contribution in [0.2, 0.25) is 0 Å². The van der Waals surface area contributed by atoms with Crippen molar-refractivity contribution in [1.82, 2.24) is 15.3 Å². The van der Waals surface area contributed by atoms with Crippen molar-refractivity contribution in [3.63, 3.8) is 0 Å². The molecular weight excluding hydrogens is 242 g/mol.